The van der Waals surface area contributed by atoms with Gasteiger partial charge in [0.2, 0.25) is 0 Å². The van der Waals surface area contributed by atoms with Gasteiger partial charge in [-0.05, 0) is 30.7 Å². The Morgan fingerprint density at radius 3 is 2.44 bits per heavy atom. The van der Waals surface area contributed by atoms with Crippen molar-refractivity contribution in [2.45, 2.75) is 6.92 Å². The van der Waals surface area contributed by atoms with E-state index < -0.39 is 6.16 Å². The van der Waals surface area contributed by atoms with Gasteiger partial charge < -0.3 is 9.84 Å². The molecule has 18 heavy (non-hydrogen) atoms. The van der Waals surface area contributed by atoms with Crippen LogP contribution >= 0.6 is 11.6 Å². The summed E-state index contributed by atoms with van der Waals surface area (Å²) in [5.41, 5.74) is 2.64. The standard InChI is InChI=1S/C14H11ClO3/c1-9-2-4-10(5-3-9)12-8-11(15)6-7-13(12)18-14(16)17/h2-8H,1H3,(H,16,17). The first-order valence-corrected chi connectivity index (χ1v) is 5.71. The van der Waals surface area contributed by atoms with Crippen LogP contribution in [0.15, 0.2) is 42.5 Å². The molecule has 0 aromatic heterocycles. The predicted molar refractivity (Wildman–Crippen MR) is 70.3 cm³/mol. The van der Waals surface area contributed by atoms with Crippen LogP contribution in [-0.2, 0) is 0 Å². The van der Waals surface area contributed by atoms with Crippen molar-refractivity contribution >= 4 is 17.8 Å². The molecule has 0 atom stereocenters. The van der Waals surface area contributed by atoms with Crippen molar-refractivity contribution < 1.29 is 14.6 Å². The topological polar surface area (TPSA) is 46.5 Å². The Hall–Kier alpha value is -2.00. The molecule has 2 aromatic rings. The first kappa shape index (κ1) is 12.5. The average molecular weight is 263 g/mol. The van der Waals surface area contributed by atoms with Gasteiger partial charge in [-0.1, -0.05) is 41.4 Å². The van der Waals surface area contributed by atoms with Crippen LogP contribution < -0.4 is 4.74 Å². The van der Waals surface area contributed by atoms with E-state index in [9.17, 15) is 4.79 Å². The number of hydrogen-bond acceptors (Lipinski definition) is 2. The zero-order valence-electron chi connectivity index (χ0n) is 9.68. The lowest BCUT2D eigenvalue weighted by molar-refractivity contribution is 0.144. The molecule has 0 bridgehead atoms. The summed E-state index contributed by atoms with van der Waals surface area (Å²) in [6, 6.07) is 12.5. The molecule has 0 spiro atoms. The Morgan fingerprint density at radius 2 is 1.83 bits per heavy atom. The lowest BCUT2D eigenvalue weighted by Gasteiger charge is -2.09. The maximum Gasteiger partial charge on any atom is 0.511 e. The molecule has 0 aliphatic heterocycles. The molecule has 3 nitrogen and oxygen atoms in total. The molecule has 2 aromatic carbocycles. The molecule has 0 aliphatic carbocycles. The van der Waals surface area contributed by atoms with Crippen LogP contribution in [0.5, 0.6) is 5.75 Å². The predicted octanol–water partition coefficient (Wildman–Crippen LogP) is 4.37. The van der Waals surface area contributed by atoms with Crippen molar-refractivity contribution in [2.24, 2.45) is 0 Å². The Kier molecular flexibility index (Phi) is 3.53. The second kappa shape index (κ2) is 5.10. The smallest absolute Gasteiger partial charge is 0.449 e. The van der Waals surface area contributed by atoms with Crippen LogP contribution in [0.25, 0.3) is 11.1 Å². The highest BCUT2D eigenvalue weighted by atomic mass is 35.5. The van der Waals surface area contributed by atoms with Gasteiger partial charge in [0, 0.05) is 10.6 Å². The summed E-state index contributed by atoms with van der Waals surface area (Å²) in [6.45, 7) is 1.98. The summed E-state index contributed by atoms with van der Waals surface area (Å²) >= 11 is 5.93. The number of benzene rings is 2. The zero-order chi connectivity index (χ0) is 13.1. The largest absolute Gasteiger partial charge is 0.511 e. The minimum Gasteiger partial charge on any atom is -0.449 e. The first-order chi connectivity index (χ1) is 8.56. The second-order valence-corrected chi connectivity index (χ2v) is 4.31. The molecule has 0 aliphatic rings. The van der Waals surface area contributed by atoms with Gasteiger partial charge in [-0.25, -0.2) is 4.79 Å². The van der Waals surface area contributed by atoms with E-state index in [1.807, 2.05) is 31.2 Å². The van der Waals surface area contributed by atoms with E-state index in [-0.39, 0.29) is 5.75 Å². The van der Waals surface area contributed by atoms with Gasteiger partial charge in [0.1, 0.15) is 5.75 Å². The highest BCUT2D eigenvalue weighted by Crippen LogP contribution is 2.32. The van der Waals surface area contributed by atoms with E-state index in [4.69, 9.17) is 21.4 Å². The third kappa shape index (κ3) is 2.81. The van der Waals surface area contributed by atoms with E-state index in [0.29, 0.717) is 10.6 Å². The molecule has 0 radical (unpaired) electrons. The van der Waals surface area contributed by atoms with Gasteiger partial charge in [0.05, 0.1) is 0 Å². The maximum atomic E-state index is 10.6. The summed E-state index contributed by atoms with van der Waals surface area (Å²) in [4.78, 5) is 10.6. The molecule has 0 heterocycles. The average Bonchev–Trinajstić information content (AvgIpc) is 2.32. The third-order valence-corrected chi connectivity index (χ3v) is 2.74. The minimum absolute atomic E-state index is 0.274. The Balaban J connectivity index is 2.50. The molecular weight excluding hydrogens is 252 g/mol. The lowest BCUT2D eigenvalue weighted by Crippen LogP contribution is -2.04. The normalized spacial score (nSPS) is 10.1. The van der Waals surface area contributed by atoms with E-state index in [1.54, 1.807) is 18.2 Å². The summed E-state index contributed by atoms with van der Waals surface area (Å²) in [7, 11) is 0. The number of aryl methyl sites for hydroxylation is 1. The van der Waals surface area contributed by atoms with E-state index in [2.05, 4.69) is 0 Å². The fraction of sp³-hybridized carbons (Fsp3) is 0.0714. The lowest BCUT2D eigenvalue weighted by atomic mass is 10.0. The Morgan fingerprint density at radius 1 is 1.17 bits per heavy atom. The monoisotopic (exact) mass is 262 g/mol. The Labute approximate surface area is 110 Å². The summed E-state index contributed by atoms with van der Waals surface area (Å²) in [5, 5.41) is 9.23. The molecule has 4 heteroatoms. The van der Waals surface area contributed by atoms with Crippen LogP contribution in [0.2, 0.25) is 5.02 Å². The van der Waals surface area contributed by atoms with Gasteiger partial charge in [-0.15, -0.1) is 0 Å². The highest BCUT2D eigenvalue weighted by molar-refractivity contribution is 6.31. The van der Waals surface area contributed by atoms with Crippen molar-refractivity contribution in [3.63, 3.8) is 0 Å². The third-order valence-electron chi connectivity index (χ3n) is 2.50. The van der Waals surface area contributed by atoms with Crippen molar-refractivity contribution in [1.82, 2.24) is 0 Å². The molecule has 92 valence electrons. The molecule has 0 amide bonds. The van der Waals surface area contributed by atoms with Gasteiger partial charge in [-0.3, -0.25) is 0 Å². The molecule has 0 fully saturated rings. The zero-order valence-corrected chi connectivity index (χ0v) is 10.4. The quantitative estimate of drug-likeness (QED) is 0.646. The number of halogens is 1. The van der Waals surface area contributed by atoms with Crippen molar-refractivity contribution in [3.8, 4) is 16.9 Å². The van der Waals surface area contributed by atoms with Gasteiger partial charge in [-0.2, -0.15) is 0 Å². The SMILES string of the molecule is Cc1ccc(-c2cc(Cl)ccc2OC(=O)O)cc1. The van der Waals surface area contributed by atoms with Crippen LogP contribution in [0.4, 0.5) is 4.79 Å². The van der Waals surface area contributed by atoms with Gasteiger partial charge in [0.25, 0.3) is 0 Å². The minimum atomic E-state index is -1.34. The number of carboxylic acid groups (broad SMARTS) is 1. The maximum absolute atomic E-state index is 10.6. The molecule has 1 N–H and O–H groups in total. The summed E-state index contributed by atoms with van der Waals surface area (Å²) in [5.74, 6) is 0.274. The van der Waals surface area contributed by atoms with Crippen molar-refractivity contribution in [1.29, 1.82) is 0 Å². The summed E-state index contributed by atoms with van der Waals surface area (Å²) < 4.78 is 4.74. The first-order valence-electron chi connectivity index (χ1n) is 5.33. The fourth-order valence-electron chi connectivity index (χ4n) is 1.64. The number of rotatable bonds is 2. The highest BCUT2D eigenvalue weighted by Gasteiger charge is 2.10. The summed E-state index contributed by atoms with van der Waals surface area (Å²) in [6.07, 6.45) is -1.34. The van der Waals surface area contributed by atoms with Crippen molar-refractivity contribution in [3.05, 3.63) is 53.1 Å². The molecular formula is C14H11ClO3. The number of ether oxygens (including phenoxy) is 1. The van der Waals surface area contributed by atoms with Crippen molar-refractivity contribution in [2.75, 3.05) is 0 Å². The van der Waals surface area contributed by atoms with Gasteiger partial charge in [0.15, 0.2) is 0 Å². The number of carbonyl (C=O) groups is 1. The second-order valence-electron chi connectivity index (χ2n) is 3.87. The molecule has 2 rings (SSSR count). The number of hydrogen-bond donors (Lipinski definition) is 1. The molecule has 0 saturated carbocycles. The van der Waals surface area contributed by atoms with Gasteiger partial charge >= 0.3 is 6.16 Å². The van der Waals surface area contributed by atoms with E-state index >= 15 is 0 Å². The fourth-order valence-corrected chi connectivity index (χ4v) is 1.82. The molecule has 0 unspecified atom stereocenters. The van der Waals surface area contributed by atoms with Crippen LogP contribution in [0, 0.1) is 6.92 Å². The molecule has 0 saturated heterocycles. The van der Waals surface area contributed by atoms with Crippen LogP contribution in [0.1, 0.15) is 5.56 Å². The van der Waals surface area contributed by atoms with Crippen LogP contribution in [0.3, 0.4) is 0 Å². The van der Waals surface area contributed by atoms with E-state index in [1.165, 1.54) is 0 Å². The van der Waals surface area contributed by atoms with E-state index in [0.717, 1.165) is 11.1 Å². The Bertz CT molecular complexity index is 576. The van der Waals surface area contributed by atoms with Crippen LogP contribution in [-0.4, -0.2) is 11.3 Å².